The Balaban J connectivity index is 1.83. The van der Waals surface area contributed by atoms with Gasteiger partial charge in [-0.1, -0.05) is 37.1 Å². The summed E-state index contributed by atoms with van der Waals surface area (Å²) in [4.78, 5) is 2.58. The average molecular weight is 233 g/mol. The van der Waals surface area contributed by atoms with E-state index in [4.69, 9.17) is 5.11 Å². The molecule has 0 spiro atoms. The van der Waals surface area contributed by atoms with E-state index in [2.05, 4.69) is 17.0 Å². The van der Waals surface area contributed by atoms with Crippen molar-refractivity contribution in [2.45, 2.75) is 38.7 Å². The highest BCUT2D eigenvalue weighted by atomic mass is 16.3. The Morgan fingerprint density at radius 3 is 2.41 bits per heavy atom. The van der Waals surface area contributed by atoms with Crippen LogP contribution >= 0.6 is 0 Å². The summed E-state index contributed by atoms with van der Waals surface area (Å²) in [6.45, 7) is 3.84. The van der Waals surface area contributed by atoms with Gasteiger partial charge in [-0.25, -0.2) is 0 Å². The van der Waals surface area contributed by atoms with E-state index in [1.54, 1.807) is 0 Å². The van der Waals surface area contributed by atoms with Crippen LogP contribution in [0.1, 0.15) is 36.8 Å². The van der Waals surface area contributed by atoms with E-state index in [9.17, 15) is 0 Å². The van der Waals surface area contributed by atoms with Crippen molar-refractivity contribution in [3.8, 4) is 0 Å². The molecule has 1 saturated heterocycles. The Kier molecular flexibility index (Phi) is 5.02. The highest BCUT2D eigenvalue weighted by Gasteiger charge is 2.08. The largest absolute Gasteiger partial charge is 0.392 e. The predicted molar refractivity (Wildman–Crippen MR) is 71.0 cm³/mol. The van der Waals surface area contributed by atoms with Crippen LogP contribution in [0.15, 0.2) is 24.3 Å². The van der Waals surface area contributed by atoms with Gasteiger partial charge in [0.2, 0.25) is 0 Å². The molecule has 0 radical (unpaired) electrons. The molecule has 1 aliphatic heterocycles. The Hall–Kier alpha value is -0.860. The summed E-state index contributed by atoms with van der Waals surface area (Å²) in [7, 11) is 0. The van der Waals surface area contributed by atoms with Gasteiger partial charge in [0, 0.05) is 6.54 Å². The van der Waals surface area contributed by atoms with Crippen LogP contribution in [0.3, 0.4) is 0 Å². The standard InChI is InChI=1S/C15H23NO/c17-13-15-7-5-6-14(12-15)8-11-16-9-3-1-2-4-10-16/h5-7,12,17H,1-4,8-11,13H2. The fourth-order valence-corrected chi connectivity index (χ4v) is 2.53. The Morgan fingerprint density at radius 2 is 1.71 bits per heavy atom. The molecule has 0 unspecified atom stereocenters. The lowest BCUT2D eigenvalue weighted by atomic mass is 10.1. The van der Waals surface area contributed by atoms with Gasteiger partial charge in [-0.05, 0) is 43.5 Å². The van der Waals surface area contributed by atoms with Crippen molar-refractivity contribution < 1.29 is 5.11 Å². The second-order valence-corrected chi connectivity index (χ2v) is 4.98. The molecule has 0 aromatic heterocycles. The number of benzene rings is 1. The third kappa shape index (κ3) is 4.14. The normalized spacial score (nSPS) is 17.9. The molecule has 2 heteroatoms. The first-order valence-electron chi connectivity index (χ1n) is 6.79. The Morgan fingerprint density at radius 1 is 1.00 bits per heavy atom. The molecule has 2 nitrogen and oxygen atoms in total. The summed E-state index contributed by atoms with van der Waals surface area (Å²) in [5.74, 6) is 0. The highest BCUT2D eigenvalue weighted by Crippen LogP contribution is 2.11. The zero-order valence-electron chi connectivity index (χ0n) is 10.6. The van der Waals surface area contributed by atoms with E-state index < -0.39 is 0 Å². The van der Waals surface area contributed by atoms with Crippen LogP contribution in [0.25, 0.3) is 0 Å². The van der Waals surface area contributed by atoms with Gasteiger partial charge in [-0.3, -0.25) is 0 Å². The molecule has 94 valence electrons. The Labute approximate surface area is 104 Å². The third-order valence-corrected chi connectivity index (χ3v) is 3.59. The lowest BCUT2D eigenvalue weighted by molar-refractivity contribution is 0.281. The van der Waals surface area contributed by atoms with Crippen molar-refractivity contribution in [2.75, 3.05) is 19.6 Å². The number of likely N-dealkylation sites (tertiary alicyclic amines) is 1. The van der Waals surface area contributed by atoms with Crippen molar-refractivity contribution in [2.24, 2.45) is 0 Å². The van der Waals surface area contributed by atoms with E-state index >= 15 is 0 Å². The number of nitrogens with zero attached hydrogens (tertiary/aromatic N) is 1. The summed E-state index contributed by atoms with van der Waals surface area (Å²) in [5.41, 5.74) is 2.37. The molecule has 1 aliphatic rings. The molecular weight excluding hydrogens is 210 g/mol. The van der Waals surface area contributed by atoms with Gasteiger partial charge in [-0.2, -0.15) is 0 Å². The van der Waals surface area contributed by atoms with Gasteiger partial charge >= 0.3 is 0 Å². The third-order valence-electron chi connectivity index (χ3n) is 3.59. The molecule has 0 aliphatic carbocycles. The summed E-state index contributed by atoms with van der Waals surface area (Å²) in [6.07, 6.45) is 6.62. The minimum atomic E-state index is 0.150. The minimum absolute atomic E-state index is 0.150. The van der Waals surface area contributed by atoms with Crippen molar-refractivity contribution in [3.63, 3.8) is 0 Å². The molecule has 1 aromatic rings. The molecule has 1 N–H and O–H groups in total. The van der Waals surface area contributed by atoms with Gasteiger partial charge < -0.3 is 10.0 Å². The lowest BCUT2D eigenvalue weighted by Gasteiger charge is -2.19. The van der Waals surface area contributed by atoms with Crippen LogP contribution in [0.5, 0.6) is 0 Å². The molecular formula is C15H23NO. The first kappa shape index (κ1) is 12.6. The maximum Gasteiger partial charge on any atom is 0.0681 e. The molecule has 1 aromatic carbocycles. The topological polar surface area (TPSA) is 23.5 Å². The first-order chi connectivity index (χ1) is 8.38. The monoisotopic (exact) mass is 233 g/mol. The van der Waals surface area contributed by atoms with Crippen LogP contribution in [-0.2, 0) is 13.0 Å². The van der Waals surface area contributed by atoms with Crippen molar-refractivity contribution in [3.05, 3.63) is 35.4 Å². The fourth-order valence-electron chi connectivity index (χ4n) is 2.53. The average Bonchev–Trinajstić information content (AvgIpc) is 2.65. The van der Waals surface area contributed by atoms with Crippen LogP contribution in [-0.4, -0.2) is 29.6 Å². The number of aliphatic hydroxyl groups is 1. The number of aliphatic hydroxyl groups excluding tert-OH is 1. The second-order valence-electron chi connectivity index (χ2n) is 4.98. The summed E-state index contributed by atoms with van der Waals surface area (Å²) >= 11 is 0. The van der Waals surface area contributed by atoms with Crippen LogP contribution in [0.4, 0.5) is 0 Å². The van der Waals surface area contributed by atoms with E-state index in [1.165, 1.54) is 44.3 Å². The SMILES string of the molecule is OCc1cccc(CCN2CCCCCC2)c1. The molecule has 0 atom stereocenters. The van der Waals surface area contributed by atoms with E-state index in [1.807, 2.05) is 12.1 Å². The Bertz CT molecular complexity index is 329. The molecule has 1 fully saturated rings. The van der Waals surface area contributed by atoms with Crippen molar-refractivity contribution in [1.82, 2.24) is 4.90 Å². The second kappa shape index (κ2) is 6.77. The van der Waals surface area contributed by atoms with Crippen LogP contribution in [0.2, 0.25) is 0 Å². The van der Waals surface area contributed by atoms with Crippen molar-refractivity contribution >= 4 is 0 Å². The summed E-state index contributed by atoms with van der Waals surface area (Å²) in [5, 5.41) is 9.11. The van der Waals surface area contributed by atoms with Crippen LogP contribution in [0, 0.1) is 0 Å². The van der Waals surface area contributed by atoms with Gasteiger partial charge in [0.1, 0.15) is 0 Å². The van der Waals surface area contributed by atoms with Gasteiger partial charge in [-0.15, -0.1) is 0 Å². The van der Waals surface area contributed by atoms with Gasteiger partial charge in [0.05, 0.1) is 6.61 Å². The minimum Gasteiger partial charge on any atom is -0.392 e. The number of hydrogen-bond donors (Lipinski definition) is 1. The number of hydrogen-bond acceptors (Lipinski definition) is 2. The predicted octanol–water partition coefficient (Wildman–Crippen LogP) is 2.60. The first-order valence-corrected chi connectivity index (χ1v) is 6.79. The molecule has 0 saturated carbocycles. The van der Waals surface area contributed by atoms with Crippen LogP contribution < -0.4 is 0 Å². The maximum absolute atomic E-state index is 9.11. The van der Waals surface area contributed by atoms with Gasteiger partial charge in [0.25, 0.3) is 0 Å². The molecule has 0 bridgehead atoms. The van der Waals surface area contributed by atoms with Gasteiger partial charge in [0.15, 0.2) is 0 Å². The molecule has 2 rings (SSSR count). The smallest absolute Gasteiger partial charge is 0.0681 e. The summed E-state index contributed by atoms with van der Waals surface area (Å²) in [6, 6.07) is 8.31. The fraction of sp³-hybridized carbons (Fsp3) is 0.600. The maximum atomic E-state index is 9.11. The lowest BCUT2D eigenvalue weighted by Crippen LogP contribution is -2.26. The zero-order valence-corrected chi connectivity index (χ0v) is 10.6. The van der Waals surface area contributed by atoms with Crippen molar-refractivity contribution in [1.29, 1.82) is 0 Å². The quantitative estimate of drug-likeness (QED) is 0.864. The summed E-state index contributed by atoms with van der Waals surface area (Å²) < 4.78 is 0. The molecule has 0 amide bonds. The number of rotatable bonds is 4. The molecule has 1 heterocycles. The van der Waals surface area contributed by atoms with E-state index in [0.29, 0.717) is 0 Å². The molecule has 17 heavy (non-hydrogen) atoms. The van der Waals surface area contributed by atoms with E-state index in [-0.39, 0.29) is 6.61 Å². The van der Waals surface area contributed by atoms with E-state index in [0.717, 1.165) is 18.5 Å². The zero-order chi connectivity index (χ0) is 11.9. The highest BCUT2D eigenvalue weighted by molar-refractivity contribution is 5.23.